The van der Waals surface area contributed by atoms with Gasteiger partial charge in [0.2, 0.25) is 0 Å². The number of halogens is 1. The van der Waals surface area contributed by atoms with Gasteiger partial charge in [0.05, 0.1) is 21.2 Å². The highest BCUT2D eigenvalue weighted by atomic mass is 35.5. The molecule has 35 heavy (non-hydrogen) atoms. The Kier molecular flexibility index (Phi) is 6.16. The predicted molar refractivity (Wildman–Crippen MR) is 141 cm³/mol. The first-order valence-electron chi connectivity index (χ1n) is 11.0. The van der Waals surface area contributed by atoms with Crippen molar-refractivity contribution >= 4 is 27.4 Å². The molecule has 0 saturated heterocycles. The Morgan fingerprint density at radius 2 is 1.37 bits per heavy atom. The van der Waals surface area contributed by atoms with E-state index in [0.29, 0.717) is 33.3 Å². The van der Waals surface area contributed by atoms with Gasteiger partial charge in [0.15, 0.2) is 5.82 Å². The fraction of sp³-hybridized carbons (Fsp3) is 0.0357. The third-order valence-corrected chi connectivity index (χ3v) is 7.32. The molecule has 174 valence electrons. The number of para-hydroxylation sites is 1. The summed E-state index contributed by atoms with van der Waals surface area (Å²) in [5.74, 6) is 0.331. The van der Waals surface area contributed by atoms with Gasteiger partial charge in [0.1, 0.15) is 5.69 Å². The van der Waals surface area contributed by atoms with Crippen LogP contribution in [0.15, 0.2) is 114 Å². The second-order valence-electron chi connectivity index (χ2n) is 8.08. The number of nitrogens with one attached hydrogen (secondary N) is 1. The summed E-state index contributed by atoms with van der Waals surface area (Å²) in [6.07, 6.45) is 0. The molecule has 0 radical (unpaired) electrons. The van der Waals surface area contributed by atoms with E-state index in [2.05, 4.69) is 4.72 Å². The highest BCUT2D eigenvalue weighted by Gasteiger charge is 2.26. The summed E-state index contributed by atoms with van der Waals surface area (Å²) < 4.78 is 31.5. The van der Waals surface area contributed by atoms with Crippen LogP contribution in [-0.2, 0) is 10.0 Å². The molecule has 0 fully saturated rings. The first kappa shape index (κ1) is 22.9. The van der Waals surface area contributed by atoms with Crippen LogP contribution in [0.25, 0.3) is 28.1 Å². The first-order valence-corrected chi connectivity index (χ1v) is 12.9. The molecule has 1 heterocycles. The minimum atomic E-state index is -3.91. The predicted octanol–water partition coefficient (Wildman–Crippen LogP) is 6.97. The number of sulfonamides is 1. The quantitative estimate of drug-likeness (QED) is 0.274. The minimum Gasteiger partial charge on any atom is -0.263 e. The van der Waals surface area contributed by atoms with Gasteiger partial charge in [-0.1, -0.05) is 96.0 Å². The van der Waals surface area contributed by atoms with Gasteiger partial charge in [0.25, 0.3) is 10.0 Å². The minimum absolute atomic E-state index is 0.169. The zero-order valence-corrected chi connectivity index (χ0v) is 20.5. The largest absolute Gasteiger partial charge is 0.263 e. The maximum atomic E-state index is 13.5. The van der Waals surface area contributed by atoms with Crippen LogP contribution >= 0.6 is 11.6 Å². The second kappa shape index (κ2) is 9.41. The lowest BCUT2D eigenvalue weighted by atomic mass is 10.0. The molecule has 5 aromatic rings. The normalized spacial score (nSPS) is 11.4. The van der Waals surface area contributed by atoms with Crippen LogP contribution in [0.1, 0.15) is 5.56 Å². The van der Waals surface area contributed by atoms with E-state index in [0.717, 1.165) is 11.1 Å². The van der Waals surface area contributed by atoms with E-state index in [4.69, 9.17) is 16.7 Å². The van der Waals surface area contributed by atoms with Crippen LogP contribution in [0.4, 0.5) is 5.82 Å². The van der Waals surface area contributed by atoms with Gasteiger partial charge in [-0.3, -0.25) is 4.72 Å². The lowest BCUT2D eigenvalue weighted by Gasteiger charge is -2.13. The van der Waals surface area contributed by atoms with Crippen LogP contribution in [0.3, 0.4) is 0 Å². The molecule has 1 N–H and O–H groups in total. The Morgan fingerprint density at radius 1 is 0.771 bits per heavy atom. The molecule has 0 amide bonds. The maximum absolute atomic E-state index is 13.5. The molecule has 1 aromatic heterocycles. The molecule has 0 aliphatic rings. The first-order chi connectivity index (χ1) is 16.9. The summed E-state index contributed by atoms with van der Waals surface area (Å²) in [6, 6.07) is 33.1. The fourth-order valence-corrected chi connectivity index (χ4v) is 5.17. The number of benzene rings is 4. The van der Waals surface area contributed by atoms with Crippen molar-refractivity contribution in [3.8, 4) is 28.1 Å². The monoisotopic (exact) mass is 499 g/mol. The lowest BCUT2D eigenvalue weighted by molar-refractivity contribution is 0.600. The van der Waals surface area contributed by atoms with Crippen molar-refractivity contribution in [2.75, 3.05) is 4.72 Å². The molecule has 7 heteroatoms. The molecule has 5 nitrogen and oxygen atoms in total. The van der Waals surface area contributed by atoms with Gasteiger partial charge >= 0.3 is 0 Å². The summed E-state index contributed by atoms with van der Waals surface area (Å²) in [4.78, 5) is 0.169. The summed E-state index contributed by atoms with van der Waals surface area (Å²) in [7, 11) is -3.91. The molecule has 0 unspecified atom stereocenters. The molecule has 0 atom stereocenters. The van der Waals surface area contributed by atoms with Crippen LogP contribution in [0, 0.1) is 6.92 Å². The zero-order valence-electron chi connectivity index (χ0n) is 18.9. The van der Waals surface area contributed by atoms with E-state index in [9.17, 15) is 8.42 Å². The standard InChI is InChI=1S/C28H22ClN3O2S/c1-20-16-18-23(19-17-20)35(33,34)31-28-26(21-10-4-2-5-11-21)27(24-14-8-9-15-25(24)29)30-32(28)22-12-6-3-7-13-22/h2-19,31H,1H3. The smallest absolute Gasteiger partial charge is 0.263 e. The van der Waals surface area contributed by atoms with Crippen LogP contribution in [0.5, 0.6) is 0 Å². The van der Waals surface area contributed by atoms with Crippen LogP contribution in [-0.4, -0.2) is 18.2 Å². The summed E-state index contributed by atoms with van der Waals surface area (Å²) >= 11 is 6.58. The number of anilines is 1. The van der Waals surface area contributed by atoms with E-state index >= 15 is 0 Å². The Hall–Kier alpha value is -3.87. The van der Waals surface area contributed by atoms with Crippen molar-refractivity contribution in [2.45, 2.75) is 11.8 Å². The molecule has 4 aromatic carbocycles. The van der Waals surface area contributed by atoms with E-state index in [-0.39, 0.29) is 4.90 Å². The van der Waals surface area contributed by atoms with Crippen LogP contribution in [0.2, 0.25) is 5.02 Å². The molecule has 0 bridgehead atoms. The van der Waals surface area contributed by atoms with Crippen molar-refractivity contribution in [3.63, 3.8) is 0 Å². The van der Waals surface area contributed by atoms with Crippen molar-refractivity contribution < 1.29 is 8.42 Å². The molecule has 0 saturated carbocycles. The van der Waals surface area contributed by atoms with E-state index in [1.54, 1.807) is 35.0 Å². The zero-order chi connectivity index (χ0) is 24.4. The number of hydrogen-bond acceptors (Lipinski definition) is 3. The van der Waals surface area contributed by atoms with Gasteiger partial charge in [-0.05, 0) is 42.8 Å². The fourth-order valence-electron chi connectivity index (χ4n) is 3.89. The highest BCUT2D eigenvalue weighted by molar-refractivity contribution is 7.92. The summed E-state index contributed by atoms with van der Waals surface area (Å²) in [5.41, 5.74) is 4.42. The van der Waals surface area contributed by atoms with Crippen molar-refractivity contribution in [2.24, 2.45) is 0 Å². The molecular formula is C28H22ClN3O2S. The van der Waals surface area contributed by atoms with Gasteiger partial charge < -0.3 is 0 Å². The topological polar surface area (TPSA) is 64.0 Å². The van der Waals surface area contributed by atoms with Gasteiger partial charge in [-0.25, -0.2) is 13.1 Å². The molecule has 0 aliphatic heterocycles. The van der Waals surface area contributed by atoms with Crippen molar-refractivity contribution in [3.05, 3.63) is 120 Å². The third kappa shape index (κ3) is 4.58. The average molecular weight is 500 g/mol. The Balaban J connectivity index is 1.80. The van der Waals surface area contributed by atoms with Crippen molar-refractivity contribution in [1.29, 1.82) is 0 Å². The SMILES string of the molecule is Cc1ccc(S(=O)(=O)Nc2c(-c3ccccc3)c(-c3ccccc3Cl)nn2-c2ccccc2)cc1. The lowest BCUT2D eigenvalue weighted by Crippen LogP contribution is -2.16. The third-order valence-electron chi connectivity index (χ3n) is 5.64. The summed E-state index contributed by atoms with van der Waals surface area (Å²) in [6.45, 7) is 1.91. The molecule has 0 spiro atoms. The molecular weight excluding hydrogens is 478 g/mol. The molecule has 5 rings (SSSR count). The van der Waals surface area contributed by atoms with Gasteiger partial charge in [0, 0.05) is 5.56 Å². The van der Waals surface area contributed by atoms with E-state index in [1.807, 2.05) is 85.8 Å². The maximum Gasteiger partial charge on any atom is 0.263 e. The van der Waals surface area contributed by atoms with E-state index in [1.165, 1.54) is 0 Å². The molecule has 0 aliphatic carbocycles. The van der Waals surface area contributed by atoms with Crippen LogP contribution < -0.4 is 4.72 Å². The number of aromatic nitrogens is 2. The highest BCUT2D eigenvalue weighted by Crippen LogP contribution is 2.42. The number of nitrogens with zero attached hydrogens (tertiary/aromatic N) is 2. The van der Waals surface area contributed by atoms with Gasteiger partial charge in [-0.2, -0.15) is 5.10 Å². The Morgan fingerprint density at radius 3 is 2.03 bits per heavy atom. The number of hydrogen-bond donors (Lipinski definition) is 1. The Bertz CT molecular complexity index is 1580. The van der Waals surface area contributed by atoms with E-state index < -0.39 is 10.0 Å². The average Bonchev–Trinajstić information content (AvgIpc) is 3.23. The summed E-state index contributed by atoms with van der Waals surface area (Å²) in [5, 5.41) is 5.41. The second-order valence-corrected chi connectivity index (χ2v) is 10.2. The Labute approximate surface area is 209 Å². The number of aryl methyl sites for hydroxylation is 1. The van der Waals surface area contributed by atoms with Crippen molar-refractivity contribution in [1.82, 2.24) is 9.78 Å². The van der Waals surface area contributed by atoms with Gasteiger partial charge in [-0.15, -0.1) is 0 Å². The number of rotatable bonds is 6.